The van der Waals surface area contributed by atoms with Gasteiger partial charge in [-0.3, -0.25) is 19.7 Å². The summed E-state index contributed by atoms with van der Waals surface area (Å²) in [6, 6.07) is 5.22. The fourth-order valence-corrected chi connectivity index (χ4v) is 3.25. The van der Waals surface area contributed by atoms with E-state index in [1.165, 1.54) is 0 Å². The maximum atomic E-state index is 11.4. The highest BCUT2D eigenvalue weighted by molar-refractivity contribution is 5.74. The number of rotatable bonds is 6. The highest BCUT2D eigenvalue weighted by atomic mass is 16.5. The fourth-order valence-electron chi connectivity index (χ4n) is 3.25. The molecule has 0 saturated carbocycles. The summed E-state index contributed by atoms with van der Waals surface area (Å²) in [7, 11) is 5.06. The largest absolute Gasteiger partial charge is 0.493 e. The molecule has 1 aliphatic rings. The van der Waals surface area contributed by atoms with E-state index < -0.39 is 12.0 Å². The van der Waals surface area contributed by atoms with Gasteiger partial charge in [-0.15, -0.1) is 0 Å². The van der Waals surface area contributed by atoms with E-state index in [1.807, 2.05) is 30.1 Å². The van der Waals surface area contributed by atoms with E-state index in [2.05, 4.69) is 15.1 Å². The van der Waals surface area contributed by atoms with Crippen molar-refractivity contribution >= 4 is 5.97 Å². The molecule has 1 aromatic heterocycles. The molecule has 2 heterocycles. The Bertz CT molecular complexity index is 776. The van der Waals surface area contributed by atoms with Crippen molar-refractivity contribution in [1.29, 1.82) is 0 Å². The van der Waals surface area contributed by atoms with Gasteiger partial charge in [0.2, 0.25) is 0 Å². The average Bonchev–Trinajstić information content (AvgIpc) is 3.10. The summed E-state index contributed by atoms with van der Waals surface area (Å²) in [6.45, 7) is 2.66. The molecular formula is C18H24N4O4. The number of nitrogens with zero attached hydrogens (tertiary/aromatic N) is 3. The van der Waals surface area contributed by atoms with Crippen LogP contribution in [-0.4, -0.2) is 78.0 Å². The predicted octanol–water partition coefficient (Wildman–Crippen LogP) is 1.29. The standard InChI is InChI=1S/C18H24N4O4/c1-21-6-7-22(11-14(21)18(23)24)10-13-9-19-20-17(13)12-4-5-15(25-2)16(8-12)26-3/h4-5,8-9,14H,6-7,10-11H2,1-3H3,(H,19,20)(H,23,24)/t14-/m1/s1. The number of aromatic nitrogens is 2. The van der Waals surface area contributed by atoms with Crippen LogP contribution >= 0.6 is 0 Å². The van der Waals surface area contributed by atoms with Crippen LogP contribution in [0.3, 0.4) is 0 Å². The van der Waals surface area contributed by atoms with E-state index in [0.717, 1.165) is 29.9 Å². The molecule has 0 radical (unpaired) electrons. The van der Waals surface area contributed by atoms with Gasteiger partial charge < -0.3 is 14.6 Å². The topological polar surface area (TPSA) is 90.9 Å². The number of aliphatic carboxylic acids is 1. The van der Waals surface area contributed by atoms with Gasteiger partial charge in [0.1, 0.15) is 6.04 Å². The summed E-state index contributed by atoms with van der Waals surface area (Å²) in [4.78, 5) is 15.4. The first kappa shape index (κ1) is 18.2. The third-order valence-electron chi connectivity index (χ3n) is 4.80. The van der Waals surface area contributed by atoms with Gasteiger partial charge in [-0.05, 0) is 25.2 Å². The van der Waals surface area contributed by atoms with E-state index in [1.54, 1.807) is 20.4 Å². The van der Waals surface area contributed by atoms with Crippen molar-refractivity contribution in [2.24, 2.45) is 0 Å². The number of nitrogens with one attached hydrogen (secondary N) is 1. The predicted molar refractivity (Wildman–Crippen MR) is 96.5 cm³/mol. The molecule has 0 spiro atoms. The molecule has 1 saturated heterocycles. The Labute approximate surface area is 152 Å². The lowest BCUT2D eigenvalue weighted by molar-refractivity contribution is -0.145. The highest BCUT2D eigenvalue weighted by Gasteiger charge is 2.30. The Kier molecular flexibility index (Phi) is 5.43. The van der Waals surface area contributed by atoms with Gasteiger partial charge in [0.15, 0.2) is 11.5 Å². The van der Waals surface area contributed by atoms with Crippen LogP contribution in [0.25, 0.3) is 11.3 Å². The number of carbonyl (C=O) groups is 1. The molecule has 0 amide bonds. The molecular weight excluding hydrogens is 336 g/mol. The minimum Gasteiger partial charge on any atom is -0.493 e. The Morgan fingerprint density at radius 3 is 2.77 bits per heavy atom. The summed E-state index contributed by atoms with van der Waals surface area (Å²) in [5.41, 5.74) is 2.86. The number of carboxylic acids is 1. The molecule has 0 bridgehead atoms. The number of benzene rings is 1. The van der Waals surface area contributed by atoms with Crippen LogP contribution in [0.15, 0.2) is 24.4 Å². The van der Waals surface area contributed by atoms with Crippen LogP contribution in [0, 0.1) is 0 Å². The molecule has 1 atom stereocenters. The lowest BCUT2D eigenvalue weighted by Gasteiger charge is -2.37. The van der Waals surface area contributed by atoms with E-state index in [-0.39, 0.29) is 0 Å². The van der Waals surface area contributed by atoms with Gasteiger partial charge >= 0.3 is 5.97 Å². The Hall–Kier alpha value is -2.58. The number of hydrogen-bond donors (Lipinski definition) is 2. The summed E-state index contributed by atoms with van der Waals surface area (Å²) in [5, 5.41) is 16.6. The Morgan fingerprint density at radius 1 is 1.31 bits per heavy atom. The molecule has 1 aliphatic heterocycles. The molecule has 26 heavy (non-hydrogen) atoms. The van der Waals surface area contributed by atoms with E-state index in [4.69, 9.17) is 9.47 Å². The molecule has 0 unspecified atom stereocenters. The zero-order valence-electron chi connectivity index (χ0n) is 15.2. The maximum Gasteiger partial charge on any atom is 0.322 e. The third kappa shape index (κ3) is 3.66. The second kappa shape index (κ2) is 7.76. The Morgan fingerprint density at radius 2 is 2.08 bits per heavy atom. The summed E-state index contributed by atoms with van der Waals surface area (Å²) in [6.07, 6.45) is 1.79. The molecule has 0 aliphatic carbocycles. The van der Waals surface area contributed by atoms with Gasteiger partial charge in [0, 0.05) is 37.3 Å². The molecule has 8 nitrogen and oxygen atoms in total. The zero-order valence-corrected chi connectivity index (χ0v) is 15.2. The van der Waals surface area contributed by atoms with Crippen LogP contribution in [0.4, 0.5) is 0 Å². The molecule has 2 aromatic rings. The number of aromatic amines is 1. The number of hydrogen-bond acceptors (Lipinski definition) is 6. The molecule has 3 rings (SSSR count). The summed E-state index contributed by atoms with van der Waals surface area (Å²) in [5.74, 6) is 0.529. The highest BCUT2D eigenvalue weighted by Crippen LogP contribution is 2.33. The number of carboxylic acid groups (broad SMARTS) is 1. The SMILES string of the molecule is COc1ccc(-c2[nH]ncc2CN2CCN(C)[C@@H](C(=O)O)C2)cc1OC. The van der Waals surface area contributed by atoms with Crippen LogP contribution in [0.5, 0.6) is 11.5 Å². The van der Waals surface area contributed by atoms with Crippen molar-refractivity contribution in [2.75, 3.05) is 40.9 Å². The first-order valence-electron chi connectivity index (χ1n) is 8.43. The minimum atomic E-state index is -0.787. The number of ether oxygens (including phenoxy) is 2. The van der Waals surface area contributed by atoms with Gasteiger partial charge in [-0.25, -0.2) is 0 Å². The maximum absolute atomic E-state index is 11.4. The van der Waals surface area contributed by atoms with E-state index >= 15 is 0 Å². The molecule has 1 fully saturated rings. The first-order valence-corrected chi connectivity index (χ1v) is 8.43. The van der Waals surface area contributed by atoms with Crippen LogP contribution < -0.4 is 9.47 Å². The van der Waals surface area contributed by atoms with Crippen LogP contribution in [0.1, 0.15) is 5.56 Å². The van der Waals surface area contributed by atoms with Gasteiger partial charge in [0.05, 0.1) is 26.1 Å². The normalized spacial score (nSPS) is 18.7. The summed E-state index contributed by atoms with van der Waals surface area (Å²) < 4.78 is 10.7. The van der Waals surface area contributed by atoms with Crippen molar-refractivity contribution in [2.45, 2.75) is 12.6 Å². The first-order chi connectivity index (χ1) is 12.5. The van der Waals surface area contributed by atoms with Crippen LogP contribution in [0.2, 0.25) is 0 Å². The Balaban J connectivity index is 1.80. The van der Waals surface area contributed by atoms with E-state index in [0.29, 0.717) is 24.6 Å². The lowest BCUT2D eigenvalue weighted by atomic mass is 10.1. The summed E-state index contributed by atoms with van der Waals surface area (Å²) >= 11 is 0. The van der Waals surface area contributed by atoms with Crippen molar-refractivity contribution < 1.29 is 19.4 Å². The van der Waals surface area contributed by atoms with Gasteiger partial charge in [-0.2, -0.15) is 5.10 Å². The van der Waals surface area contributed by atoms with Crippen molar-refractivity contribution in [3.8, 4) is 22.8 Å². The third-order valence-corrected chi connectivity index (χ3v) is 4.80. The second-order valence-electron chi connectivity index (χ2n) is 6.41. The number of methoxy groups -OCH3 is 2. The monoisotopic (exact) mass is 360 g/mol. The number of likely N-dealkylation sites (N-methyl/N-ethyl adjacent to an activating group) is 1. The molecule has 1 aromatic carbocycles. The van der Waals surface area contributed by atoms with Crippen LogP contribution in [-0.2, 0) is 11.3 Å². The molecule has 8 heteroatoms. The molecule has 140 valence electrons. The van der Waals surface area contributed by atoms with Gasteiger partial charge in [-0.1, -0.05) is 0 Å². The second-order valence-corrected chi connectivity index (χ2v) is 6.41. The lowest BCUT2D eigenvalue weighted by Crippen LogP contribution is -2.54. The van der Waals surface area contributed by atoms with Crippen molar-refractivity contribution in [3.05, 3.63) is 30.0 Å². The quantitative estimate of drug-likeness (QED) is 0.802. The molecule has 2 N–H and O–H groups in total. The minimum absolute atomic E-state index is 0.486. The fraction of sp³-hybridized carbons (Fsp3) is 0.444. The average molecular weight is 360 g/mol. The van der Waals surface area contributed by atoms with Crippen molar-refractivity contribution in [1.82, 2.24) is 20.0 Å². The number of H-pyrrole nitrogens is 1. The van der Waals surface area contributed by atoms with E-state index in [9.17, 15) is 9.90 Å². The van der Waals surface area contributed by atoms with Gasteiger partial charge in [0.25, 0.3) is 0 Å². The smallest absolute Gasteiger partial charge is 0.322 e. The van der Waals surface area contributed by atoms with Crippen molar-refractivity contribution in [3.63, 3.8) is 0 Å². The number of piperazine rings is 1. The zero-order chi connectivity index (χ0) is 18.7.